The Hall–Kier alpha value is -3.76. The molecule has 12 heteroatoms. The number of nitrogens with zero attached hydrogens (tertiary/aromatic N) is 3. The number of halogens is 5. The highest BCUT2D eigenvalue weighted by Gasteiger charge is 2.38. The fourth-order valence-corrected chi connectivity index (χ4v) is 5.73. The molecule has 226 valence electrons. The summed E-state index contributed by atoms with van der Waals surface area (Å²) < 4.78 is 59.0. The van der Waals surface area contributed by atoms with E-state index in [0.29, 0.717) is 49.3 Å². The zero-order chi connectivity index (χ0) is 31.1. The zero-order valence-electron chi connectivity index (χ0n) is 23.8. The van der Waals surface area contributed by atoms with Crippen molar-refractivity contribution in [3.05, 3.63) is 91.8 Å². The van der Waals surface area contributed by atoms with Crippen LogP contribution in [0.3, 0.4) is 0 Å². The quantitative estimate of drug-likeness (QED) is 0.171. The summed E-state index contributed by atoms with van der Waals surface area (Å²) in [5.41, 5.74) is 2.70. The van der Waals surface area contributed by atoms with E-state index in [1.165, 1.54) is 24.1 Å². The Kier molecular flexibility index (Phi) is 8.63. The lowest BCUT2D eigenvalue weighted by Gasteiger charge is -2.24. The summed E-state index contributed by atoms with van der Waals surface area (Å²) in [5.74, 6) is 0.0660. The van der Waals surface area contributed by atoms with E-state index in [1.54, 1.807) is 51.2 Å². The van der Waals surface area contributed by atoms with Gasteiger partial charge in [-0.3, -0.25) is 0 Å². The lowest BCUT2D eigenvalue weighted by atomic mass is 9.99. The molecule has 0 amide bonds. The van der Waals surface area contributed by atoms with E-state index in [-0.39, 0.29) is 30.6 Å². The Labute approximate surface area is 256 Å². The predicted molar refractivity (Wildman–Crippen MR) is 157 cm³/mol. The lowest BCUT2D eigenvalue weighted by molar-refractivity contribution is -0.140. The molecule has 1 aliphatic rings. The van der Waals surface area contributed by atoms with Gasteiger partial charge in [-0.15, -0.1) is 0 Å². The second-order valence-electron chi connectivity index (χ2n) is 10.5. The second-order valence-corrected chi connectivity index (χ2v) is 11.3. The number of rotatable bonds is 9. The first-order valence-electron chi connectivity index (χ1n) is 13.4. The molecule has 43 heavy (non-hydrogen) atoms. The summed E-state index contributed by atoms with van der Waals surface area (Å²) in [6.45, 7) is 3.51. The van der Waals surface area contributed by atoms with Gasteiger partial charge in [-0.25, -0.2) is 9.78 Å². The predicted octanol–water partition coefficient (Wildman–Crippen LogP) is 8.56. The second kappa shape index (κ2) is 12.1. The van der Waals surface area contributed by atoms with Crippen molar-refractivity contribution in [2.45, 2.75) is 51.9 Å². The van der Waals surface area contributed by atoms with Gasteiger partial charge >= 0.3 is 12.1 Å². The number of esters is 1. The molecule has 5 rings (SSSR count). The fraction of sp³-hybridized carbons (Fsp3) is 0.323. The number of hydrogen-bond donors (Lipinski definition) is 0. The maximum atomic E-state index is 14.3. The highest BCUT2D eigenvalue weighted by atomic mass is 35.5. The minimum absolute atomic E-state index is 0.126. The van der Waals surface area contributed by atoms with Crippen molar-refractivity contribution in [1.29, 1.82) is 0 Å². The standard InChI is InChI=1S/C31H28Cl2F3N3O4/c1-16-12-18(13-17(2)25(16)30(40)41-4)14-39(3)23-10-11-24(37-29(23)31(34,35)36)42-15-20-27(38-43-28(20)19-8-9-19)26-21(32)6-5-7-22(26)33/h5-7,10-13,19H,8-9,14-15H2,1-4H3. The van der Waals surface area contributed by atoms with E-state index in [2.05, 4.69) is 10.1 Å². The maximum Gasteiger partial charge on any atom is 0.435 e. The minimum atomic E-state index is -4.75. The van der Waals surface area contributed by atoms with Crippen LogP contribution < -0.4 is 9.64 Å². The number of alkyl halides is 3. The van der Waals surface area contributed by atoms with Crippen molar-refractivity contribution in [2.75, 3.05) is 19.1 Å². The van der Waals surface area contributed by atoms with Crippen molar-refractivity contribution in [3.63, 3.8) is 0 Å². The van der Waals surface area contributed by atoms with E-state index < -0.39 is 17.8 Å². The maximum absolute atomic E-state index is 14.3. The van der Waals surface area contributed by atoms with E-state index in [1.807, 2.05) is 0 Å². The molecule has 1 aliphatic carbocycles. The zero-order valence-corrected chi connectivity index (χ0v) is 25.3. The highest BCUT2D eigenvalue weighted by Crippen LogP contribution is 2.46. The summed E-state index contributed by atoms with van der Waals surface area (Å²) in [5, 5.41) is 4.91. The molecule has 1 saturated carbocycles. The third-order valence-corrected chi connectivity index (χ3v) is 7.89. The first kappa shape index (κ1) is 30.7. The van der Waals surface area contributed by atoms with Crippen molar-refractivity contribution in [3.8, 4) is 17.1 Å². The number of ether oxygens (including phenoxy) is 2. The molecule has 0 N–H and O–H groups in total. The van der Waals surface area contributed by atoms with Gasteiger partial charge < -0.3 is 18.9 Å². The Bertz CT molecular complexity index is 1640. The van der Waals surface area contributed by atoms with Crippen LogP contribution >= 0.6 is 23.2 Å². The Balaban J connectivity index is 1.42. The van der Waals surface area contributed by atoms with Gasteiger partial charge in [0.1, 0.15) is 18.1 Å². The molecule has 2 heterocycles. The van der Waals surface area contributed by atoms with E-state index in [4.69, 9.17) is 37.2 Å². The molecule has 0 saturated heterocycles. The normalized spacial score (nSPS) is 13.2. The molecule has 0 bridgehead atoms. The lowest BCUT2D eigenvalue weighted by Crippen LogP contribution is -2.22. The first-order chi connectivity index (χ1) is 20.4. The first-order valence-corrected chi connectivity index (χ1v) is 14.2. The molecule has 7 nitrogen and oxygen atoms in total. The van der Waals surface area contributed by atoms with E-state index in [0.717, 1.165) is 18.4 Å². The molecule has 0 aliphatic heterocycles. The average molecular weight is 634 g/mol. The highest BCUT2D eigenvalue weighted by molar-refractivity contribution is 6.39. The number of aryl methyl sites for hydroxylation is 2. The molecule has 1 fully saturated rings. The van der Waals surface area contributed by atoms with Gasteiger partial charge in [-0.2, -0.15) is 13.2 Å². The monoisotopic (exact) mass is 633 g/mol. The Morgan fingerprint density at radius 2 is 1.74 bits per heavy atom. The fourth-order valence-electron chi connectivity index (χ4n) is 5.15. The van der Waals surface area contributed by atoms with Crippen LogP contribution in [0.2, 0.25) is 10.0 Å². The number of hydrogen-bond acceptors (Lipinski definition) is 7. The average Bonchev–Trinajstić information content (AvgIpc) is 3.70. The van der Waals surface area contributed by atoms with Crippen LogP contribution in [0.25, 0.3) is 11.3 Å². The van der Waals surface area contributed by atoms with Crippen LogP contribution in [0.5, 0.6) is 5.88 Å². The summed E-state index contributed by atoms with van der Waals surface area (Å²) in [6, 6.07) is 11.3. The Morgan fingerprint density at radius 1 is 1.09 bits per heavy atom. The topological polar surface area (TPSA) is 77.7 Å². The molecule has 2 aromatic carbocycles. The number of pyridine rings is 1. The van der Waals surface area contributed by atoms with Crippen molar-refractivity contribution in [2.24, 2.45) is 0 Å². The molecule has 2 aromatic heterocycles. The molecule has 0 atom stereocenters. The summed E-state index contributed by atoms with van der Waals surface area (Å²) >= 11 is 12.8. The third-order valence-electron chi connectivity index (χ3n) is 7.26. The number of benzene rings is 2. The van der Waals surface area contributed by atoms with Gasteiger partial charge in [0.2, 0.25) is 5.88 Å². The molecular weight excluding hydrogens is 606 g/mol. The number of carbonyl (C=O) groups is 1. The number of anilines is 1. The summed E-state index contributed by atoms with van der Waals surface area (Å²) in [7, 11) is 2.85. The molecular formula is C31H28Cl2F3N3O4. The number of aromatic nitrogens is 2. The van der Waals surface area contributed by atoms with Gasteiger partial charge in [0.15, 0.2) is 5.69 Å². The van der Waals surface area contributed by atoms with E-state index >= 15 is 0 Å². The van der Waals surface area contributed by atoms with E-state index in [9.17, 15) is 18.0 Å². The summed E-state index contributed by atoms with van der Waals surface area (Å²) in [6.07, 6.45) is -2.95. The minimum Gasteiger partial charge on any atom is -0.473 e. The van der Waals surface area contributed by atoms with Gasteiger partial charge in [0.05, 0.1) is 34.0 Å². The van der Waals surface area contributed by atoms with Crippen molar-refractivity contribution < 1.29 is 32.0 Å². The smallest absolute Gasteiger partial charge is 0.435 e. The van der Waals surface area contributed by atoms with Gasteiger partial charge in [-0.05, 0) is 61.6 Å². The van der Waals surface area contributed by atoms with Crippen LogP contribution in [0.15, 0.2) is 47.0 Å². The molecule has 0 unspecified atom stereocenters. The largest absolute Gasteiger partial charge is 0.473 e. The van der Waals surface area contributed by atoms with Crippen molar-refractivity contribution in [1.82, 2.24) is 10.1 Å². The van der Waals surface area contributed by atoms with Gasteiger partial charge in [0.25, 0.3) is 0 Å². The molecule has 0 radical (unpaired) electrons. The van der Waals surface area contributed by atoms with Crippen LogP contribution in [0, 0.1) is 13.8 Å². The SMILES string of the molecule is COC(=O)c1c(C)cc(CN(C)c2ccc(OCc3c(-c4c(Cl)cccc4Cl)noc3C3CC3)nc2C(F)(F)F)cc1C. The number of carbonyl (C=O) groups excluding carboxylic acids is 1. The Morgan fingerprint density at radius 3 is 2.33 bits per heavy atom. The van der Waals surface area contributed by atoms with Gasteiger partial charge in [-0.1, -0.05) is 46.6 Å². The summed E-state index contributed by atoms with van der Waals surface area (Å²) in [4.78, 5) is 17.4. The van der Waals surface area contributed by atoms with Gasteiger partial charge in [0, 0.05) is 31.1 Å². The van der Waals surface area contributed by atoms with Crippen LogP contribution in [-0.2, 0) is 24.1 Å². The molecule has 0 spiro atoms. The van der Waals surface area contributed by atoms with Crippen LogP contribution in [0.4, 0.5) is 18.9 Å². The van der Waals surface area contributed by atoms with Crippen LogP contribution in [0.1, 0.15) is 62.8 Å². The van der Waals surface area contributed by atoms with Crippen LogP contribution in [-0.4, -0.2) is 30.3 Å². The molecule has 4 aromatic rings. The third kappa shape index (κ3) is 6.45. The number of methoxy groups -OCH3 is 1. The van der Waals surface area contributed by atoms with Crippen molar-refractivity contribution >= 4 is 34.9 Å².